The van der Waals surface area contributed by atoms with E-state index in [1.807, 2.05) is 13.8 Å². The van der Waals surface area contributed by atoms with Crippen molar-refractivity contribution in [1.82, 2.24) is 4.90 Å². The molecule has 1 N–H and O–H groups in total. The largest absolute Gasteiger partial charge is 0.393 e. The fraction of sp³-hybridized carbons (Fsp3) is 0.818. The number of piperidine rings is 1. The first-order chi connectivity index (χ1) is 6.89. The van der Waals surface area contributed by atoms with Crippen LogP contribution in [0.25, 0.3) is 0 Å². The lowest BCUT2D eigenvalue weighted by molar-refractivity contribution is -0.160. The van der Waals surface area contributed by atoms with Gasteiger partial charge >= 0.3 is 0 Å². The van der Waals surface area contributed by atoms with Crippen molar-refractivity contribution in [3.63, 3.8) is 0 Å². The van der Waals surface area contributed by atoms with Crippen LogP contribution in [0.5, 0.6) is 0 Å². The van der Waals surface area contributed by atoms with Crippen LogP contribution in [0.2, 0.25) is 0 Å². The summed E-state index contributed by atoms with van der Waals surface area (Å²) in [6.45, 7) is 3.88. The summed E-state index contributed by atoms with van der Waals surface area (Å²) in [6.07, 6.45) is 1.65. The van der Waals surface area contributed by atoms with Crippen LogP contribution in [-0.2, 0) is 9.59 Å². The molecule has 0 aromatic carbocycles. The molecule has 4 nitrogen and oxygen atoms in total. The van der Waals surface area contributed by atoms with Gasteiger partial charge in [-0.3, -0.25) is 14.5 Å². The summed E-state index contributed by atoms with van der Waals surface area (Å²) in [5, 5.41) is 9.17. The maximum atomic E-state index is 11.8. The maximum Gasteiger partial charge on any atom is 0.229 e. The topological polar surface area (TPSA) is 57.6 Å². The monoisotopic (exact) mass is 211 g/mol. The Bertz CT molecular complexity index is 285. The fourth-order valence-electron chi connectivity index (χ4n) is 2.37. The molecule has 84 valence electrons. The lowest BCUT2D eigenvalue weighted by Gasteiger charge is -2.44. The quantitative estimate of drug-likeness (QED) is 0.649. The number of aliphatic hydroxyl groups excluding tert-OH is 1. The van der Waals surface area contributed by atoms with E-state index in [1.165, 1.54) is 4.90 Å². The number of carbonyl (C=O) groups is 2. The smallest absolute Gasteiger partial charge is 0.229 e. The Hall–Kier alpha value is -0.900. The molecule has 1 saturated carbocycles. The second-order valence-corrected chi connectivity index (χ2v) is 5.45. The van der Waals surface area contributed by atoms with Crippen LogP contribution in [0.15, 0.2) is 0 Å². The highest BCUT2D eigenvalue weighted by Gasteiger charge is 2.44. The van der Waals surface area contributed by atoms with Crippen LogP contribution < -0.4 is 0 Å². The summed E-state index contributed by atoms with van der Waals surface area (Å²) in [7, 11) is 0. The predicted molar refractivity (Wildman–Crippen MR) is 53.9 cm³/mol. The molecule has 2 amide bonds. The van der Waals surface area contributed by atoms with Crippen molar-refractivity contribution >= 4 is 11.8 Å². The van der Waals surface area contributed by atoms with E-state index >= 15 is 0 Å². The van der Waals surface area contributed by atoms with Gasteiger partial charge in [-0.05, 0) is 18.3 Å². The lowest BCUT2D eigenvalue weighted by atomic mass is 9.79. The molecule has 0 atom stereocenters. The molecule has 2 rings (SSSR count). The number of aliphatic hydroxyl groups is 1. The van der Waals surface area contributed by atoms with Crippen molar-refractivity contribution in [1.29, 1.82) is 0 Å². The standard InChI is InChI=1S/C11H17NO3/c1-11(2)5-9(14)12(10(15)6-11)7-3-8(13)4-7/h7-8,13H,3-6H2,1-2H3. The third kappa shape index (κ3) is 1.91. The first-order valence-corrected chi connectivity index (χ1v) is 5.42. The van der Waals surface area contributed by atoms with Crippen LogP contribution in [-0.4, -0.2) is 34.0 Å². The number of nitrogens with zero attached hydrogens (tertiary/aromatic N) is 1. The van der Waals surface area contributed by atoms with Crippen molar-refractivity contribution in [2.75, 3.05) is 0 Å². The average Bonchev–Trinajstić information content (AvgIpc) is 1.96. The molecule has 0 radical (unpaired) electrons. The van der Waals surface area contributed by atoms with E-state index in [0.717, 1.165) is 0 Å². The van der Waals surface area contributed by atoms with E-state index in [1.54, 1.807) is 0 Å². The summed E-state index contributed by atoms with van der Waals surface area (Å²) >= 11 is 0. The average molecular weight is 211 g/mol. The molecule has 1 saturated heterocycles. The number of imide groups is 1. The highest BCUT2D eigenvalue weighted by Crippen LogP contribution is 2.36. The summed E-state index contributed by atoms with van der Waals surface area (Å²) in [5.74, 6) is -0.152. The molecule has 1 heterocycles. The molecule has 2 aliphatic rings. The van der Waals surface area contributed by atoms with Crippen molar-refractivity contribution < 1.29 is 14.7 Å². The molecule has 0 bridgehead atoms. The summed E-state index contributed by atoms with van der Waals surface area (Å²) in [6, 6.07) is -0.0453. The van der Waals surface area contributed by atoms with Gasteiger partial charge in [-0.1, -0.05) is 13.8 Å². The third-order valence-electron chi connectivity index (χ3n) is 3.25. The van der Waals surface area contributed by atoms with E-state index in [4.69, 9.17) is 0 Å². The number of rotatable bonds is 1. The first-order valence-electron chi connectivity index (χ1n) is 5.42. The Morgan fingerprint density at radius 1 is 1.20 bits per heavy atom. The van der Waals surface area contributed by atoms with Crippen molar-refractivity contribution in [2.24, 2.45) is 5.41 Å². The Balaban J connectivity index is 2.07. The van der Waals surface area contributed by atoms with Gasteiger partial charge < -0.3 is 5.11 Å². The molecule has 1 aliphatic heterocycles. The fourth-order valence-corrected chi connectivity index (χ4v) is 2.37. The molecule has 15 heavy (non-hydrogen) atoms. The summed E-state index contributed by atoms with van der Waals surface area (Å²) < 4.78 is 0. The van der Waals surface area contributed by atoms with Crippen LogP contribution in [0, 0.1) is 5.41 Å². The molecule has 0 aromatic heterocycles. The second kappa shape index (κ2) is 3.30. The van der Waals surface area contributed by atoms with Gasteiger partial charge in [0.2, 0.25) is 11.8 Å². The van der Waals surface area contributed by atoms with E-state index in [9.17, 15) is 14.7 Å². The van der Waals surface area contributed by atoms with Crippen molar-refractivity contribution in [3.05, 3.63) is 0 Å². The number of hydrogen-bond donors (Lipinski definition) is 1. The Labute approximate surface area is 89.3 Å². The van der Waals surface area contributed by atoms with Gasteiger partial charge in [0.25, 0.3) is 0 Å². The van der Waals surface area contributed by atoms with Gasteiger partial charge in [0.1, 0.15) is 0 Å². The van der Waals surface area contributed by atoms with Crippen LogP contribution >= 0.6 is 0 Å². The van der Waals surface area contributed by atoms with Gasteiger partial charge in [-0.2, -0.15) is 0 Å². The van der Waals surface area contributed by atoms with E-state index < -0.39 is 0 Å². The van der Waals surface area contributed by atoms with Crippen LogP contribution in [0.4, 0.5) is 0 Å². The molecule has 0 aromatic rings. The van der Waals surface area contributed by atoms with Gasteiger partial charge in [-0.15, -0.1) is 0 Å². The van der Waals surface area contributed by atoms with Gasteiger partial charge in [-0.25, -0.2) is 0 Å². The van der Waals surface area contributed by atoms with Crippen molar-refractivity contribution in [2.45, 2.75) is 51.7 Å². The van der Waals surface area contributed by atoms with Gasteiger partial charge in [0, 0.05) is 18.9 Å². The predicted octanol–water partition coefficient (Wildman–Crippen LogP) is 0.685. The molecule has 0 unspecified atom stereocenters. The number of hydrogen-bond acceptors (Lipinski definition) is 3. The molecular weight excluding hydrogens is 194 g/mol. The minimum atomic E-state index is -0.328. The van der Waals surface area contributed by atoms with Gasteiger partial charge in [0.15, 0.2) is 0 Å². The SMILES string of the molecule is CC1(C)CC(=O)N(C2CC(O)C2)C(=O)C1. The molecule has 4 heteroatoms. The summed E-state index contributed by atoms with van der Waals surface area (Å²) in [4.78, 5) is 24.9. The molecule has 0 spiro atoms. The van der Waals surface area contributed by atoms with Crippen LogP contribution in [0.1, 0.15) is 39.5 Å². The zero-order valence-electron chi connectivity index (χ0n) is 9.19. The number of amides is 2. The summed E-state index contributed by atoms with van der Waals surface area (Å²) in [5.41, 5.74) is -0.201. The van der Waals surface area contributed by atoms with E-state index in [0.29, 0.717) is 25.7 Å². The maximum absolute atomic E-state index is 11.8. The zero-order valence-corrected chi connectivity index (χ0v) is 9.19. The molecule has 2 fully saturated rings. The van der Waals surface area contributed by atoms with Crippen LogP contribution in [0.3, 0.4) is 0 Å². The third-order valence-corrected chi connectivity index (χ3v) is 3.25. The normalized spacial score (nSPS) is 35.3. The lowest BCUT2D eigenvalue weighted by Crippen LogP contribution is -2.56. The number of carbonyl (C=O) groups excluding carboxylic acids is 2. The van der Waals surface area contributed by atoms with E-state index in [2.05, 4.69) is 0 Å². The molecule has 1 aliphatic carbocycles. The highest BCUT2D eigenvalue weighted by molar-refractivity contribution is 5.98. The van der Waals surface area contributed by atoms with Gasteiger partial charge in [0.05, 0.1) is 6.10 Å². The highest BCUT2D eigenvalue weighted by atomic mass is 16.3. The van der Waals surface area contributed by atoms with Crippen molar-refractivity contribution in [3.8, 4) is 0 Å². The number of likely N-dealkylation sites (tertiary alicyclic amines) is 1. The zero-order chi connectivity index (χ0) is 11.2. The molecular formula is C11H17NO3. The Morgan fingerprint density at radius 2 is 1.67 bits per heavy atom. The minimum absolute atomic E-state index is 0.0453. The Morgan fingerprint density at radius 3 is 2.07 bits per heavy atom. The Kier molecular flexibility index (Phi) is 2.34. The van der Waals surface area contributed by atoms with E-state index in [-0.39, 0.29) is 29.4 Å². The second-order valence-electron chi connectivity index (χ2n) is 5.45. The first kappa shape index (κ1) is 10.6. The minimum Gasteiger partial charge on any atom is -0.393 e.